The number of aryl methyl sites for hydroxylation is 1. The van der Waals surface area contributed by atoms with Crippen molar-refractivity contribution in [2.75, 3.05) is 6.61 Å². The van der Waals surface area contributed by atoms with Crippen LogP contribution in [0.4, 0.5) is 0 Å². The third-order valence-corrected chi connectivity index (χ3v) is 4.03. The highest BCUT2D eigenvalue weighted by Crippen LogP contribution is 2.16. The van der Waals surface area contributed by atoms with E-state index in [1.54, 1.807) is 6.07 Å². The molecule has 0 N–H and O–H groups in total. The summed E-state index contributed by atoms with van der Waals surface area (Å²) in [6.07, 6.45) is 0.178. The van der Waals surface area contributed by atoms with Crippen molar-refractivity contribution in [3.8, 4) is 0 Å². The number of fused-ring (bicyclic) bond motifs is 1. The van der Waals surface area contributed by atoms with Crippen LogP contribution in [-0.2, 0) is 16.0 Å². The Morgan fingerprint density at radius 2 is 1.58 bits per heavy atom. The van der Waals surface area contributed by atoms with E-state index in [9.17, 15) is 9.59 Å². The van der Waals surface area contributed by atoms with E-state index in [-0.39, 0.29) is 18.8 Å². The highest BCUT2D eigenvalue weighted by molar-refractivity contribution is 6.01. The molecule has 0 fully saturated rings. The molecule has 3 nitrogen and oxygen atoms in total. The number of ketones is 1. The molecule has 0 aliphatic heterocycles. The zero-order valence-electron chi connectivity index (χ0n) is 13.5. The predicted octanol–water partition coefficient (Wildman–Crippen LogP) is 4.12. The maximum absolute atomic E-state index is 12.2. The molecule has 3 aromatic carbocycles. The van der Waals surface area contributed by atoms with Crippen LogP contribution in [0.15, 0.2) is 66.7 Å². The predicted molar refractivity (Wildman–Crippen MR) is 94.1 cm³/mol. The van der Waals surface area contributed by atoms with Crippen LogP contribution in [0.5, 0.6) is 0 Å². The third-order valence-electron chi connectivity index (χ3n) is 4.03. The van der Waals surface area contributed by atoms with Gasteiger partial charge in [0, 0.05) is 5.56 Å². The number of carbonyl (C=O) groups excluding carboxylic acids is 2. The Balaban J connectivity index is 1.62. The Morgan fingerprint density at radius 3 is 2.38 bits per heavy atom. The van der Waals surface area contributed by atoms with Crippen LogP contribution >= 0.6 is 0 Å². The second kappa shape index (κ2) is 7.09. The van der Waals surface area contributed by atoms with E-state index in [1.165, 1.54) is 0 Å². The van der Waals surface area contributed by atoms with Gasteiger partial charge in [-0.1, -0.05) is 60.7 Å². The Kier molecular flexibility index (Phi) is 4.71. The highest BCUT2D eigenvalue weighted by Gasteiger charge is 2.12. The van der Waals surface area contributed by atoms with E-state index in [1.807, 2.05) is 67.6 Å². The molecule has 0 bridgehead atoms. The van der Waals surface area contributed by atoms with Crippen LogP contribution in [0.1, 0.15) is 21.5 Å². The number of hydrogen-bond acceptors (Lipinski definition) is 3. The first kappa shape index (κ1) is 15.9. The van der Waals surface area contributed by atoms with Gasteiger partial charge in [0.05, 0.1) is 6.42 Å². The van der Waals surface area contributed by atoms with E-state index in [4.69, 9.17) is 4.74 Å². The summed E-state index contributed by atoms with van der Waals surface area (Å²) in [6.45, 7) is 1.71. The molecule has 0 saturated carbocycles. The maximum Gasteiger partial charge on any atom is 0.310 e. The largest absolute Gasteiger partial charge is 0.457 e. The van der Waals surface area contributed by atoms with Gasteiger partial charge >= 0.3 is 5.97 Å². The second-order valence-electron chi connectivity index (χ2n) is 5.75. The minimum Gasteiger partial charge on any atom is -0.457 e. The SMILES string of the molecule is Cc1ccccc1CC(=O)OCC(=O)c1ccc2ccccc2c1. The second-order valence-corrected chi connectivity index (χ2v) is 5.75. The third kappa shape index (κ3) is 3.69. The molecular weight excluding hydrogens is 300 g/mol. The van der Waals surface area contributed by atoms with Crippen LogP contribution < -0.4 is 0 Å². The van der Waals surface area contributed by atoms with Crippen molar-refractivity contribution in [1.82, 2.24) is 0 Å². The van der Waals surface area contributed by atoms with Gasteiger partial charge in [0.2, 0.25) is 0 Å². The summed E-state index contributed by atoms with van der Waals surface area (Å²) in [6, 6.07) is 21.0. The van der Waals surface area contributed by atoms with E-state index in [2.05, 4.69) is 0 Å². The quantitative estimate of drug-likeness (QED) is 0.525. The summed E-state index contributed by atoms with van der Waals surface area (Å²) in [5, 5.41) is 2.07. The molecule has 120 valence electrons. The van der Waals surface area contributed by atoms with Gasteiger partial charge in [-0.2, -0.15) is 0 Å². The first-order valence-electron chi connectivity index (χ1n) is 7.85. The molecule has 0 amide bonds. The molecular formula is C21H18O3. The zero-order valence-corrected chi connectivity index (χ0v) is 13.5. The van der Waals surface area contributed by atoms with Crippen molar-refractivity contribution in [1.29, 1.82) is 0 Å². The molecule has 3 rings (SSSR count). The number of benzene rings is 3. The molecule has 0 unspecified atom stereocenters. The van der Waals surface area contributed by atoms with Crippen LogP contribution in [0, 0.1) is 6.92 Å². The molecule has 24 heavy (non-hydrogen) atoms. The van der Waals surface area contributed by atoms with E-state index < -0.39 is 5.97 Å². The molecule has 0 atom stereocenters. The number of carbonyl (C=O) groups is 2. The fourth-order valence-electron chi connectivity index (χ4n) is 2.61. The number of esters is 1. The van der Waals surface area contributed by atoms with Crippen molar-refractivity contribution in [3.63, 3.8) is 0 Å². The topological polar surface area (TPSA) is 43.4 Å². The lowest BCUT2D eigenvalue weighted by Crippen LogP contribution is -2.16. The summed E-state index contributed by atoms with van der Waals surface area (Å²) < 4.78 is 5.14. The first-order chi connectivity index (χ1) is 11.6. The van der Waals surface area contributed by atoms with E-state index >= 15 is 0 Å². The molecule has 3 heteroatoms. The van der Waals surface area contributed by atoms with Crippen LogP contribution in [0.25, 0.3) is 10.8 Å². The van der Waals surface area contributed by atoms with Crippen LogP contribution in [0.3, 0.4) is 0 Å². The monoisotopic (exact) mass is 318 g/mol. The number of hydrogen-bond donors (Lipinski definition) is 0. The lowest BCUT2D eigenvalue weighted by Gasteiger charge is -2.07. The zero-order chi connectivity index (χ0) is 16.9. The van der Waals surface area contributed by atoms with Gasteiger partial charge in [0.25, 0.3) is 0 Å². The standard InChI is InChI=1S/C21H18O3/c1-15-6-2-3-8-17(15)13-21(23)24-14-20(22)19-11-10-16-7-4-5-9-18(16)12-19/h2-12H,13-14H2,1H3. The molecule has 0 spiro atoms. The summed E-state index contributed by atoms with van der Waals surface area (Å²) in [5.41, 5.74) is 2.51. The van der Waals surface area contributed by atoms with Crippen LogP contribution in [-0.4, -0.2) is 18.4 Å². The molecule has 0 aliphatic rings. The molecule has 0 heterocycles. The average Bonchev–Trinajstić information content (AvgIpc) is 2.61. The summed E-state index contributed by atoms with van der Waals surface area (Å²) in [7, 11) is 0. The lowest BCUT2D eigenvalue weighted by atomic mass is 10.0. The normalized spacial score (nSPS) is 10.5. The molecule has 3 aromatic rings. The van der Waals surface area contributed by atoms with Gasteiger partial charge in [-0.25, -0.2) is 0 Å². The van der Waals surface area contributed by atoms with Gasteiger partial charge in [-0.3, -0.25) is 9.59 Å². The Hall–Kier alpha value is -2.94. The fraction of sp³-hybridized carbons (Fsp3) is 0.143. The summed E-state index contributed by atoms with van der Waals surface area (Å²) in [5.74, 6) is -0.586. The van der Waals surface area contributed by atoms with Gasteiger partial charge in [0.15, 0.2) is 12.4 Å². The van der Waals surface area contributed by atoms with Crippen LogP contribution in [0.2, 0.25) is 0 Å². The molecule has 0 aliphatic carbocycles. The highest BCUT2D eigenvalue weighted by atomic mass is 16.5. The average molecular weight is 318 g/mol. The van der Waals surface area contributed by atoms with Crippen molar-refractivity contribution < 1.29 is 14.3 Å². The number of rotatable bonds is 5. The lowest BCUT2D eigenvalue weighted by molar-refractivity contribution is -0.141. The Labute approximate surface area is 140 Å². The van der Waals surface area contributed by atoms with Crippen molar-refractivity contribution in [3.05, 3.63) is 83.4 Å². The smallest absolute Gasteiger partial charge is 0.310 e. The van der Waals surface area contributed by atoms with Gasteiger partial charge in [-0.15, -0.1) is 0 Å². The first-order valence-corrected chi connectivity index (χ1v) is 7.85. The van der Waals surface area contributed by atoms with Gasteiger partial charge in [-0.05, 0) is 34.9 Å². The van der Waals surface area contributed by atoms with Crippen molar-refractivity contribution in [2.45, 2.75) is 13.3 Å². The molecule has 0 aromatic heterocycles. The summed E-state index contributed by atoms with van der Waals surface area (Å²) >= 11 is 0. The minimum atomic E-state index is -0.390. The number of Topliss-reactive ketones (excluding diaryl/α,β-unsaturated/α-hetero) is 1. The van der Waals surface area contributed by atoms with E-state index in [0.717, 1.165) is 21.9 Å². The van der Waals surface area contributed by atoms with Gasteiger partial charge < -0.3 is 4.74 Å². The van der Waals surface area contributed by atoms with E-state index in [0.29, 0.717) is 5.56 Å². The number of ether oxygens (including phenoxy) is 1. The Bertz CT molecular complexity index is 896. The van der Waals surface area contributed by atoms with Crippen molar-refractivity contribution >= 4 is 22.5 Å². The summed E-state index contributed by atoms with van der Waals surface area (Å²) in [4.78, 5) is 24.2. The maximum atomic E-state index is 12.2. The van der Waals surface area contributed by atoms with Gasteiger partial charge in [0.1, 0.15) is 0 Å². The molecule has 0 saturated heterocycles. The van der Waals surface area contributed by atoms with Crippen molar-refractivity contribution in [2.24, 2.45) is 0 Å². The molecule has 0 radical (unpaired) electrons. The minimum absolute atomic E-state index is 0.178. The fourth-order valence-corrected chi connectivity index (χ4v) is 2.61. The Morgan fingerprint density at radius 1 is 0.875 bits per heavy atom.